The number of urea groups is 1. The number of allylic oxidation sites excluding steroid dienone is 3. The van der Waals surface area contributed by atoms with E-state index >= 15 is 0 Å². The van der Waals surface area contributed by atoms with Crippen LogP contribution in [0.1, 0.15) is 24.6 Å². The molecule has 1 aliphatic carbocycles. The molecular weight excluding hydrogens is 216 g/mol. The topological polar surface area (TPSA) is 72.9 Å². The van der Waals surface area contributed by atoms with E-state index < -0.39 is 6.03 Å². The zero-order valence-corrected chi connectivity index (χ0v) is 9.86. The molecule has 17 heavy (non-hydrogen) atoms. The molecule has 5 nitrogen and oxygen atoms in total. The minimum Gasteiger partial charge on any atom is -0.351 e. The van der Waals surface area contributed by atoms with Gasteiger partial charge in [0, 0.05) is 5.56 Å². The minimum atomic E-state index is -0.569. The number of anilines is 1. The molecule has 0 saturated carbocycles. The number of hydrogen-bond donors (Lipinski definition) is 2. The molecule has 1 heterocycles. The molecule has 0 aliphatic heterocycles. The molecule has 3 N–H and O–H groups in total. The van der Waals surface area contributed by atoms with Gasteiger partial charge in [-0.25, -0.2) is 9.48 Å². The third-order valence-electron chi connectivity index (χ3n) is 2.90. The van der Waals surface area contributed by atoms with Crippen molar-refractivity contribution in [2.24, 2.45) is 5.73 Å². The molecule has 0 spiro atoms. The third kappa shape index (κ3) is 1.95. The molecule has 0 saturated heterocycles. The van der Waals surface area contributed by atoms with Crippen molar-refractivity contribution < 1.29 is 4.79 Å². The molecule has 5 heteroatoms. The highest BCUT2D eigenvalue weighted by Crippen LogP contribution is 2.30. The number of nitrogens with zero attached hydrogens (tertiary/aromatic N) is 2. The van der Waals surface area contributed by atoms with Crippen molar-refractivity contribution >= 4 is 17.5 Å². The van der Waals surface area contributed by atoms with Gasteiger partial charge in [0.05, 0.1) is 11.4 Å². The van der Waals surface area contributed by atoms with E-state index in [0.29, 0.717) is 5.82 Å². The predicted molar refractivity (Wildman–Crippen MR) is 67.6 cm³/mol. The van der Waals surface area contributed by atoms with Gasteiger partial charge in [0.2, 0.25) is 0 Å². The molecule has 1 aliphatic rings. The van der Waals surface area contributed by atoms with Crippen LogP contribution in [0.15, 0.2) is 18.7 Å². The van der Waals surface area contributed by atoms with Crippen LogP contribution in [0.5, 0.6) is 0 Å². The number of primary amides is 1. The molecule has 0 bridgehead atoms. The minimum absolute atomic E-state index is 0.569. The third-order valence-corrected chi connectivity index (χ3v) is 2.90. The number of aryl methyl sites for hydroxylation is 1. The van der Waals surface area contributed by atoms with Gasteiger partial charge >= 0.3 is 6.03 Å². The van der Waals surface area contributed by atoms with Gasteiger partial charge in [-0.3, -0.25) is 5.32 Å². The summed E-state index contributed by atoms with van der Waals surface area (Å²) in [6, 6.07) is -0.569. The van der Waals surface area contributed by atoms with Gasteiger partial charge in [-0.15, -0.1) is 0 Å². The second-order valence-corrected chi connectivity index (χ2v) is 3.95. The highest BCUT2D eigenvalue weighted by molar-refractivity contribution is 5.89. The summed E-state index contributed by atoms with van der Waals surface area (Å²) in [6.45, 7) is 5.64. The number of amides is 2. The highest BCUT2D eigenvalue weighted by atomic mass is 16.2. The van der Waals surface area contributed by atoms with Crippen LogP contribution in [0.2, 0.25) is 0 Å². The van der Waals surface area contributed by atoms with Crippen LogP contribution < -0.4 is 11.1 Å². The highest BCUT2D eigenvalue weighted by Gasteiger charge is 2.23. The first-order valence-corrected chi connectivity index (χ1v) is 5.63. The first-order chi connectivity index (χ1) is 8.17. The van der Waals surface area contributed by atoms with Crippen molar-refractivity contribution in [1.82, 2.24) is 9.78 Å². The van der Waals surface area contributed by atoms with Crippen molar-refractivity contribution in [2.75, 3.05) is 5.32 Å². The summed E-state index contributed by atoms with van der Waals surface area (Å²) in [5.41, 5.74) is 8.15. The van der Waals surface area contributed by atoms with E-state index in [1.165, 1.54) is 0 Å². The predicted octanol–water partition coefficient (Wildman–Crippen LogP) is 1.91. The van der Waals surface area contributed by atoms with E-state index in [4.69, 9.17) is 5.73 Å². The Morgan fingerprint density at radius 1 is 1.59 bits per heavy atom. The van der Waals surface area contributed by atoms with Crippen molar-refractivity contribution in [3.63, 3.8) is 0 Å². The Kier molecular flexibility index (Phi) is 2.99. The number of nitrogens with two attached hydrogens (primary N) is 1. The Morgan fingerprint density at radius 2 is 2.35 bits per heavy atom. The lowest BCUT2D eigenvalue weighted by Gasteiger charge is -2.09. The molecule has 2 rings (SSSR count). The van der Waals surface area contributed by atoms with E-state index in [9.17, 15) is 4.79 Å². The van der Waals surface area contributed by atoms with Gasteiger partial charge in [-0.05, 0) is 32.3 Å². The van der Waals surface area contributed by atoms with Gasteiger partial charge in [-0.1, -0.05) is 12.7 Å². The molecule has 90 valence electrons. The van der Waals surface area contributed by atoms with Crippen LogP contribution >= 0.6 is 0 Å². The summed E-state index contributed by atoms with van der Waals surface area (Å²) in [6.07, 6.45) is 6.55. The van der Waals surface area contributed by atoms with Gasteiger partial charge in [-0.2, -0.15) is 5.10 Å². The zero-order valence-electron chi connectivity index (χ0n) is 9.86. The quantitative estimate of drug-likeness (QED) is 0.781. The molecule has 0 atom stereocenters. The average Bonchev–Trinajstić information content (AvgIpc) is 2.84. The molecule has 1 aromatic heterocycles. The fraction of sp³-hybridized carbons (Fsp3) is 0.333. The Bertz CT molecular complexity index is 499. The molecule has 0 radical (unpaired) electrons. The number of hydrogen-bond acceptors (Lipinski definition) is 2. The Labute approximate surface area is 100.0 Å². The smallest absolute Gasteiger partial charge is 0.317 e. The number of carbonyl (C=O) groups is 1. The van der Waals surface area contributed by atoms with E-state index in [2.05, 4.69) is 17.0 Å². The Hall–Kier alpha value is -2.04. The van der Waals surface area contributed by atoms with Gasteiger partial charge in [0.1, 0.15) is 5.82 Å². The second kappa shape index (κ2) is 4.45. The van der Waals surface area contributed by atoms with Crippen LogP contribution in [0.3, 0.4) is 0 Å². The number of fused-ring (bicyclic) bond motifs is 1. The van der Waals surface area contributed by atoms with Gasteiger partial charge < -0.3 is 5.73 Å². The van der Waals surface area contributed by atoms with Gasteiger partial charge in [0.15, 0.2) is 0 Å². The monoisotopic (exact) mass is 232 g/mol. The fourth-order valence-corrected chi connectivity index (χ4v) is 2.15. The lowest BCUT2D eigenvalue weighted by molar-refractivity contribution is 0.259. The maximum atomic E-state index is 11.0. The number of rotatable bonds is 3. The summed E-state index contributed by atoms with van der Waals surface area (Å²) < 4.78 is 1.70. The van der Waals surface area contributed by atoms with Crippen LogP contribution in [0.25, 0.3) is 5.70 Å². The van der Waals surface area contributed by atoms with Crippen molar-refractivity contribution in [3.8, 4) is 0 Å². The van der Waals surface area contributed by atoms with E-state index in [-0.39, 0.29) is 0 Å². The van der Waals surface area contributed by atoms with Gasteiger partial charge in [0.25, 0.3) is 0 Å². The number of carbonyl (C=O) groups excluding carboxylic acids is 1. The standard InChI is InChI=1S/C12H16N4O/c1-3-8(4-2)16-11(14-12(13)17)9-6-5-7-10(9)15-16/h3-4H,1,5-7H2,2H3,(H3,13,14,17)/b8-4+. The molecule has 0 fully saturated rings. The molecule has 0 unspecified atom stereocenters. The SMILES string of the molecule is C=C/C(=C\C)n1nc2c(c1NC(N)=O)CCC2. The van der Waals surface area contributed by atoms with Crippen LogP contribution in [-0.2, 0) is 12.8 Å². The van der Waals surface area contributed by atoms with Crippen molar-refractivity contribution in [3.05, 3.63) is 30.0 Å². The maximum absolute atomic E-state index is 11.0. The van der Waals surface area contributed by atoms with Crippen LogP contribution in [0, 0.1) is 0 Å². The Morgan fingerprint density at radius 3 is 2.94 bits per heavy atom. The lowest BCUT2D eigenvalue weighted by Crippen LogP contribution is -2.22. The van der Waals surface area contributed by atoms with E-state index in [0.717, 1.165) is 36.2 Å². The van der Waals surface area contributed by atoms with Crippen LogP contribution in [0.4, 0.5) is 10.6 Å². The first kappa shape index (κ1) is 11.4. The number of aromatic nitrogens is 2. The molecule has 1 aromatic rings. The zero-order chi connectivity index (χ0) is 12.4. The second-order valence-electron chi connectivity index (χ2n) is 3.95. The molecule has 0 aromatic carbocycles. The normalized spacial score (nSPS) is 14.5. The summed E-state index contributed by atoms with van der Waals surface area (Å²) in [4.78, 5) is 11.0. The maximum Gasteiger partial charge on any atom is 0.317 e. The Balaban J connectivity index is 2.51. The largest absolute Gasteiger partial charge is 0.351 e. The molecular formula is C12H16N4O. The lowest BCUT2D eigenvalue weighted by atomic mass is 10.2. The summed E-state index contributed by atoms with van der Waals surface area (Å²) in [5, 5.41) is 7.15. The van der Waals surface area contributed by atoms with E-state index in [1.807, 2.05) is 13.0 Å². The average molecular weight is 232 g/mol. The van der Waals surface area contributed by atoms with Crippen molar-refractivity contribution in [2.45, 2.75) is 26.2 Å². The van der Waals surface area contributed by atoms with Crippen LogP contribution in [-0.4, -0.2) is 15.8 Å². The van der Waals surface area contributed by atoms with E-state index in [1.54, 1.807) is 10.8 Å². The fourth-order valence-electron chi connectivity index (χ4n) is 2.15. The molecule has 2 amide bonds. The summed E-state index contributed by atoms with van der Waals surface area (Å²) in [7, 11) is 0. The summed E-state index contributed by atoms with van der Waals surface area (Å²) >= 11 is 0. The van der Waals surface area contributed by atoms with Crippen molar-refractivity contribution in [1.29, 1.82) is 0 Å². The first-order valence-electron chi connectivity index (χ1n) is 5.63. The number of nitrogens with one attached hydrogen (secondary N) is 1. The summed E-state index contributed by atoms with van der Waals surface area (Å²) in [5.74, 6) is 0.679.